The number of benzene rings is 1. The molecule has 2 saturated heterocycles. The molecule has 1 atom stereocenters. The van der Waals surface area contributed by atoms with E-state index in [4.69, 9.17) is 4.74 Å². The van der Waals surface area contributed by atoms with E-state index >= 15 is 0 Å². The van der Waals surface area contributed by atoms with Gasteiger partial charge in [-0.15, -0.1) is 5.10 Å². The minimum absolute atomic E-state index is 0.0383. The molecule has 150 valence electrons. The van der Waals surface area contributed by atoms with Gasteiger partial charge < -0.3 is 14.5 Å². The van der Waals surface area contributed by atoms with Crippen LogP contribution in [0.2, 0.25) is 0 Å². The Hall–Kier alpha value is -2.25. The van der Waals surface area contributed by atoms with Crippen molar-refractivity contribution >= 4 is 5.91 Å². The van der Waals surface area contributed by atoms with Gasteiger partial charge in [0.05, 0.1) is 25.5 Å². The van der Waals surface area contributed by atoms with Crippen LogP contribution in [0.1, 0.15) is 47.8 Å². The first-order valence-electron chi connectivity index (χ1n) is 10.3. The molecule has 0 aliphatic carbocycles. The topological polar surface area (TPSA) is 63.5 Å². The van der Waals surface area contributed by atoms with Crippen LogP contribution in [-0.2, 0) is 4.74 Å². The monoisotopic (exact) mass is 383 g/mol. The van der Waals surface area contributed by atoms with E-state index < -0.39 is 0 Å². The number of piperidine rings is 1. The SMILES string of the molecule is CC(CN1CCC(n2cc(C(=O)N3CCOCC3)nn2)CC1)c1ccccc1. The summed E-state index contributed by atoms with van der Waals surface area (Å²) in [6.07, 6.45) is 3.90. The van der Waals surface area contributed by atoms with E-state index in [1.807, 2.05) is 10.9 Å². The summed E-state index contributed by atoms with van der Waals surface area (Å²) in [6.45, 7) is 7.92. The maximum atomic E-state index is 12.6. The third-order valence-electron chi connectivity index (χ3n) is 5.86. The molecule has 7 heteroatoms. The van der Waals surface area contributed by atoms with Crippen molar-refractivity contribution in [1.29, 1.82) is 0 Å². The Morgan fingerprint density at radius 1 is 1.14 bits per heavy atom. The fraction of sp³-hybridized carbons (Fsp3) is 0.571. The number of rotatable bonds is 5. The van der Waals surface area contributed by atoms with Gasteiger partial charge in [0, 0.05) is 32.7 Å². The summed E-state index contributed by atoms with van der Waals surface area (Å²) in [5.74, 6) is 0.491. The van der Waals surface area contributed by atoms with Crippen LogP contribution in [0.5, 0.6) is 0 Å². The smallest absolute Gasteiger partial charge is 0.276 e. The second-order valence-electron chi connectivity index (χ2n) is 7.83. The van der Waals surface area contributed by atoms with Crippen LogP contribution in [0.15, 0.2) is 36.5 Å². The van der Waals surface area contributed by atoms with Gasteiger partial charge in [-0.2, -0.15) is 0 Å². The molecule has 4 rings (SSSR count). The normalized spacial score (nSPS) is 20.2. The zero-order valence-electron chi connectivity index (χ0n) is 16.5. The summed E-state index contributed by atoms with van der Waals surface area (Å²) in [5.41, 5.74) is 1.84. The summed E-state index contributed by atoms with van der Waals surface area (Å²) in [7, 11) is 0. The number of aromatic nitrogens is 3. The molecule has 1 unspecified atom stereocenters. The lowest BCUT2D eigenvalue weighted by atomic mass is 9.98. The Morgan fingerprint density at radius 2 is 1.86 bits per heavy atom. The third-order valence-corrected chi connectivity index (χ3v) is 5.86. The number of hydrogen-bond donors (Lipinski definition) is 0. The minimum Gasteiger partial charge on any atom is -0.378 e. The minimum atomic E-state index is -0.0383. The van der Waals surface area contributed by atoms with Crippen LogP contribution >= 0.6 is 0 Å². The predicted molar refractivity (Wildman–Crippen MR) is 106 cm³/mol. The molecule has 28 heavy (non-hydrogen) atoms. The fourth-order valence-electron chi connectivity index (χ4n) is 4.12. The molecule has 3 heterocycles. The van der Waals surface area contributed by atoms with Gasteiger partial charge in [0.2, 0.25) is 0 Å². The number of carbonyl (C=O) groups is 1. The van der Waals surface area contributed by atoms with E-state index in [1.165, 1.54) is 5.56 Å². The molecule has 0 radical (unpaired) electrons. The van der Waals surface area contributed by atoms with Gasteiger partial charge in [-0.3, -0.25) is 4.79 Å². The molecule has 0 bridgehead atoms. The van der Waals surface area contributed by atoms with Gasteiger partial charge in [0.1, 0.15) is 0 Å². The molecule has 1 amide bonds. The maximum absolute atomic E-state index is 12.6. The standard InChI is InChI=1S/C21H29N5O2/c1-17(18-5-3-2-4-6-18)15-24-9-7-19(8-10-24)26-16-20(22-23-26)21(27)25-11-13-28-14-12-25/h2-6,16-17,19H,7-15H2,1H3. The quantitative estimate of drug-likeness (QED) is 0.792. The van der Waals surface area contributed by atoms with Crippen LogP contribution in [0.3, 0.4) is 0 Å². The van der Waals surface area contributed by atoms with Crippen LogP contribution in [-0.4, -0.2) is 76.6 Å². The van der Waals surface area contributed by atoms with Crippen LogP contribution in [0.25, 0.3) is 0 Å². The van der Waals surface area contributed by atoms with Gasteiger partial charge in [-0.25, -0.2) is 4.68 Å². The van der Waals surface area contributed by atoms with Crippen molar-refractivity contribution in [2.75, 3.05) is 45.9 Å². The lowest BCUT2D eigenvalue weighted by molar-refractivity contribution is 0.0299. The summed E-state index contributed by atoms with van der Waals surface area (Å²) < 4.78 is 7.21. The van der Waals surface area contributed by atoms with Crippen LogP contribution < -0.4 is 0 Å². The highest BCUT2D eigenvalue weighted by atomic mass is 16.5. The van der Waals surface area contributed by atoms with Gasteiger partial charge in [0.15, 0.2) is 5.69 Å². The Morgan fingerprint density at radius 3 is 2.57 bits per heavy atom. The highest BCUT2D eigenvalue weighted by Crippen LogP contribution is 2.24. The van der Waals surface area contributed by atoms with Crippen molar-refractivity contribution in [3.05, 3.63) is 47.8 Å². The Balaban J connectivity index is 1.29. The predicted octanol–water partition coefficient (Wildman–Crippen LogP) is 2.19. The molecule has 0 saturated carbocycles. The number of hydrogen-bond acceptors (Lipinski definition) is 5. The highest BCUT2D eigenvalue weighted by molar-refractivity contribution is 5.92. The molecule has 2 aliphatic rings. The van der Waals surface area contributed by atoms with Gasteiger partial charge >= 0.3 is 0 Å². The van der Waals surface area contributed by atoms with Gasteiger partial charge in [-0.1, -0.05) is 42.5 Å². The largest absolute Gasteiger partial charge is 0.378 e. The van der Waals surface area contributed by atoms with Crippen molar-refractivity contribution in [2.24, 2.45) is 0 Å². The van der Waals surface area contributed by atoms with Crippen LogP contribution in [0.4, 0.5) is 0 Å². The Kier molecular flexibility index (Phi) is 6.02. The summed E-state index contributed by atoms with van der Waals surface area (Å²) >= 11 is 0. The van der Waals surface area contributed by atoms with Crippen molar-refractivity contribution in [3.63, 3.8) is 0 Å². The van der Waals surface area contributed by atoms with E-state index in [2.05, 4.69) is 52.5 Å². The zero-order valence-corrected chi connectivity index (χ0v) is 16.5. The summed E-state index contributed by atoms with van der Waals surface area (Å²) in [5, 5.41) is 8.40. The number of carbonyl (C=O) groups excluding carboxylic acids is 1. The molecular formula is C21H29N5O2. The number of nitrogens with zero attached hydrogens (tertiary/aromatic N) is 5. The second-order valence-corrected chi connectivity index (χ2v) is 7.83. The van der Waals surface area contributed by atoms with Crippen LogP contribution in [0, 0.1) is 0 Å². The fourth-order valence-corrected chi connectivity index (χ4v) is 4.12. The molecule has 7 nitrogen and oxygen atoms in total. The lowest BCUT2D eigenvalue weighted by Gasteiger charge is -2.33. The van der Waals surface area contributed by atoms with E-state index in [1.54, 1.807) is 4.90 Å². The summed E-state index contributed by atoms with van der Waals surface area (Å²) in [4.78, 5) is 16.9. The average Bonchev–Trinajstić information content (AvgIpc) is 3.25. The molecule has 1 aromatic heterocycles. The van der Waals surface area contributed by atoms with E-state index in [0.29, 0.717) is 44.0 Å². The molecule has 0 spiro atoms. The van der Waals surface area contributed by atoms with E-state index in [9.17, 15) is 4.79 Å². The lowest BCUT2D eigenvalue weighted by Crippen LogP contribution is -2.40. The van der Waals surface area contributed by atoms with Gasteiger partial charge in [-0.05, 0) is 24.3 Å². The number of amides is 1. The van der Waals surface area contributed by atoms with Crippen molar-refractivity contribution in [1.82, 2.24) is 24.8 Å². The van der Waals surface area contributed by atoms with Crippen molar-refractivity contribution < 1.29 is 9.53 Å². The summed E-state index contributed by atoms with van der Waals surface area (Å²) in [6, 6.07) is 11.0. The Labute approximate surface area is 166 Å². The zero-order chi connectivity index (χ0) is 19.3. The first kappa shape index (κ1) is 19.1. The molecule has 2 aromatic rings. The van der Waals surface area contributed by atoms with Crippen molar-refractivity contribution in [3.8, 4) is 0 Å². The number of ether oxygens (including phenoxy) is 1. The third kappa shape index (κ3) is 4.42. The van der Waals surface area contributed by atoms with E-state index in [-0.39, 0.29) is 5.91 Å². The molecular weight excluding hydrogens is 354 g/mol. The molecule has 2 fully saturated rings. The first-order valence-corrected chi connectivity index (χ1v) is 10.3. The maximum Gasteiger partial charge on any atom is 0.276 e. The average molecular weight is 383 g/mol. The van der Waals surface area contributed by atoms with Gasteiger partial charge in [0.25, 0.3) is 5.91 Å². The Bertz CT molecular complexity index is 764. The van der Waals surface area contributed by atoms with E-state index in [0.717, 1.165) is 32.5 Å². The number of likely N-dealkylation sites (tertiary alicyclic amines) is 1. The molecule has 1 aromatic carbocycles. The first-order chi connectivity index (χ1) is 13.7. The number of morpholine rings is 1. The van der Waals surface area contributed by atoms with Crippen molar-refractivity contribution in [2.45, 2.75) is 31.7 Å². The highest BCUT2D eigenvalue weighted by Gasteiger charge is 2.25. The molecule has 0 N–H and O–H groups in total. The second kappa shape index (κ2) is 8.84. The molecule has 2 aliphatic heterocycles.